The molecule has 186 valence electrons. The summed E-state index contributed by atoms with van der Waals surface area (Å²) in [6.07, 6.45) is 0. The molecule has 0 amide bonds. The second kappa shape index (κ2) is 11.6. The van der Waals surface area contributed by atoms with Gasteiger partial charge in [-0.05, 0) is 61.9 Å². The van der Waals surface area contributed by atoms with Crippen molar-refractivity contribution in [1.82, 2.24) is 14.8 Å². The molecular weight excluding hydrogens is 587 g/mol. The molecule has 0 saturated heterocycles. The van der Waals surface area contributed by atoms with Crippen molar-refractivity contribution < 1.29 is 9.66 Å². The molecule has 36 heavy (non-hydrogen) atoms. The minimum absolute atomic E-state index is 0.222. The van der Waals surface area contributed by atoms with E-state index >= 15 is 0 Å². The van der Waals surface area contributed by atoms with Crippen LogP contribution in [-0.2, 0) is 6.61 Å². The van der Waals surface area contributed by atoms with E-state index in [1.807, 2.05) is 60.9 Å². The zero-order valence-electron chi connectivity index (χ0n) is 19.3. The predicted molar refractivity (Wildman–Crippen MR) is 146 cm³/mol. The van der Waals surface area contributed by atoms with Gasteiger partial charge in [0.15, 0.2) is 5.16 Å². The Morgan fingerprint density at radius 3 is 2.50 bits per heavy atom. The first-order chi connectivity index (χ1) is 17.2. The van der Waals surface area contributed by atoms with Crippen molar-refractivity contribution in [2.75, 3.05) is 6.54 Å². The Kier molecular flexibility index (Phi) is 8.56. The number of hydrogen-bond acceptors (Lipinski definition) is 6. The van der Waals surface area contributed by atoms with E-state index in [0.29, 0.717) is 32.3 Å². The normalized spacial score (nSPS) is 11.9. The topological polar surface area (TPSA) is 83.1 Å². The van der Waals surface area contributed by atoms with Crippen molar-refractivity contribution in [1.29, 1.82) is 0 Å². The Bertz CT molecular complexity index is 1400. The smallest absolute Gasteiger partial charge is 0.220 e. The fourth-order valence-electron chi connectivity index (χ4n) is 3.56. The van der Waals surface area contributed by atoms with Crippen LogP contribution < -0.4 is 4.74 Å². The summed E-state index contributed by atoms with van der Waals surface area (Å²) in [6, 6.07) is 18.7. The van der Waals surface area contributed by atoms with Gasteiger partial charge in [0.25, 0.3) is 0 Å². The molecule has 1 atom stereocenters. The first-order valence-corrected chi connectivity index (χ1v) is 13.3. The average Bonchev–Trinajstić information content (AvgIpc) is 3.20. The second-order valence-corrected chi connectivity index (χ2v) is 10.9. The summed E-state index contributed by atoms with van der Waals surface area (Å²) in [4.78, 5) is 11.4. The van der Waals surface area contributed by atoms with Gasteiger partial charge < -0.3 is 4.74 Å². The predicted octanol–water partition coefficient (Wildman–Crippen LogP) is 7.64. The van der Waals surface area contributed by atoms with Gasteiger partial charge >= 0.3 is 0 Å². The van der Waals surface area contributed by atoms with Gasteiger partial charge in [-0.3, -0.25) is 14.7 Å². The lowest BCUT2D eigenvalue weighted by atomic mass is 10.1. The minimum Gasteiger partial charge on any atom is -0.489 e. The van der Waals surface area contributed by atoms with Crippen LogP contribution in [0.3, 0.4) is 0 Å². The number of hydrogen-bond donors (Lipinski definition) is 0. The van der Waals surface area contributed by atoms with Gasteiger partial charge in [0.2, 0.25) is 6.54 Å². The molecule has 0 radical (unpaired) electrons. The first kappa shape index (κ1) is 26.5. The maximum atomic E-state index is 11.7. The van der Waals surface area contributed by atoms with Crippen molar-refractivity contribution in [3.8, 4) is 11.4 Å². The molecule has 0 spiro atoms. The van der Waals surface area contributed by atoms with E-state index in [1.165, 1.54) is 11.8 Å². The lowest BCUT2D eigenvalue weighted by molar-refractivity contribution is -0.479. The van der Waals surface area contributed by atoms with Crippen LogP contribution in [0.25, 0.3) is 5.69 Å². The summed E-state index contributed by atoms with van der Waals surface area (Å²) in [5.74, 6) is 1.22. The van der Waals surface area contributed by atoms with Gasteiger partial charge in [0.05, 0.1) is 10.0 Å². The standard InChI is InChI=1S/C25H21BrCl2N4O3S/c1-15-3-7-19(8-4-15)32-16(2)29-30-25(32)36-24(13-31(33)34)20-12-18(26)6-10-23(20)35-14-17-5-9-21(27)22(28)11-17/h3-12,24H,13-14H2,1-2H3/t24-/m1/s1. The van der Waals surface area contributed by atoms with Gasteiger partial charge in [-0.25, -0.2) is 0 Å². The molecule has 1 aromatic heterocycles. The molecule has 4 aromatic rings. The van der Waals surface area contributed by atoms with E-state index in [4.69, 9.17) is 27.9 Å². The maximum absolute atomic E-state index is 11.7. The summed E-state index contributed by atoms with van der Waals surface area (Å²) in [5.41, 5.74) is 3.51. The van der Waals surface area contributed by atoms with Crippen LogP contribution >= 0.6 is 50.9 Å². The van der Waals surface area contributed by atoms with Gasteiger partial charge in [0, 0.05) is 20.6 Å². The zero-order valence-corrected chi connectivity index (χ0v) is 23.2. The Morgan fingerprint density at radius 2 is 1.81 bits per heavy atom. The molecule has 4 rings (SSSR count). The Labute approximate surface area is 231 Å². The van der Waals surface area contributed by atoms with Crippen LogP contribution in [0.15, 0.2) is 70.3 Å². The summed E-state index contributed by atoms with van der Waals surface area (Å²) in [6.45, 7) is 3.76. The molecular formula is C25H21BrCl2N4O3S. The molecule has 3 aromatic carbocycles. The number of rotatable bonds is 9. The lowest BCUT2D eigenvalue weighted by Crippen LogP contribution is -2.12. The van der Waals surface area contributed by atoms with Gasteiger partial charge in [-0.2, -0.15) is 0 Å². The highest BCUT2D eigenvalue weighted by Crippen LogP contribution is 2.41. The highest BCUT2D eigenvalue weighted by atomic mass is 79.9. The van der Waals surface area contributed by atoms with Crippen LogP contribution in [0.4, 0.5) is 0 Å². The van der Waals surface area contributed by atoms with Gasteiger partial charge in [-0.1, -0.05) is 74.7 Å². The molecule has 0 N–H and O–H groups in total. The van der Waals surface area contributed by atoms with Crippen LogP contribution in [0.5, 0.6) is 5.75 Å². The van der Waals surface area contributed by atoms with Crippen molar-refractivity contribution >= 4 is 50.9 Å². The van der Waals surface area contributed by atoms with E-state index in [-0.39, 0.29) is 18.1 Å². The monoisotopic (exact) mass is 606 g/mol. The molecule has 11 heteroatoms. The van der Waals surface area contributed by atoms with Crippen molar-refractivity contribution in [2.24, 2.45) is 0 Å². The molecule has 0 aliphatic carbocycles. The molecule has 0 aliphatic rings. The largest absolute Gasteiger partial charge is 0.489 e. The highest BCUT2D eigenvalue weighted by molar-refractivity contribution is 9.10. The quantitative estimate of drug-likeness (QED) is 0.110. The van der Waals surface area contributed by atoms with E-state index in [9.17, 15) is 10.1 Å². The fourth-order valence-corrected chi connectivity index (χ4v) is 5.46. The third-order valence-corrected chi connectivity index (χ3v) is 7.74. The average molecular weight is 608 g/mol. The summed E-state index contributed by atoms with van der Waals surface area (Å²) in [7, 11) is 0. The van der Waals surface area contributed by atoms with Crippen LogP contribution in [0.1, 0.15) is 27.8 Å². The second-order valence-electron chi connectivity index (χ2n) is 8.04. The number of nitro groups is 1. The molecule has 7 nitrogen and oxygen atoms in total. The SMILES string of the molecule is Cc1ccc(-n2c(C)nnc2S[C@H](C[N+](=O)[O-])c2cc(Br)ccc2OCc2ccc(Cl)c(Cl)c2)cc1. The number of thioether (sulfide) groups is 1. The van der Waals surface area contributed by atoms with Crippen molar-refractivity contribution in [3.05, 3.63) is 108 Å². The Balaban J connectivity index is 1.67. The fraction of sp³-hybridized carbons (Fsp3) is 0.200. The molecule has 0 unspecified atom stereocenters. The first-order valence-electron chi connectivity index (χ1n) is 10.8. The third-order valence-electron chi connectivity index (χ3n) is 5.35. The summed E-state index contributed by atoms with van der Waals surface area (Å²) < 4.78 is 8.78. The summed E-state index contributed by atoms with van der Waals surface area (Å²) in [5, 5.41) is 21.1. The number of benzene rings is 3. The minimum atomic E-state index is -0.589. The Hall–Kier alpha value is -2.59. The highest BCUT2D eigenvalue weighted by Gasteiger charge is 2.27. The van der Waals surface area contributed by atoms with Crippen molar-refractivity contribution in [2.45, 2.75) is 30.9 Å². The molecule has 1 heterocycles. The van der Waals surface area contributed by atoms with E-state index in [2.05, 4.69) is 26.1 Å². The number of aryl methyl sites for hydroxylation is 2. The van der Waals surface area contributed by atoms with Crippen LogP contribution in [0.2, 0.25) is 10.0 Å². The van der Waals surface area contributed by atoms with E-state index in [0.717, 1.165) is 21.3 Å². The molecule has 0 fully saturated rings. The lowest BCUT2D eigenvalue weighted by Gasteiger charge is -2.18. The van der Waals surface area contributed by atoms with Gasteiger partial charge in [0.1, 0.15) is 23.4 Å². The van der Waals surface area contributed by atoms with Crippen molar-refractivity contribution in [3.63, 3.8) is 0 Å². The number of aromatic nitrogens is 3. The number of ether oxygens (including phenoxy) is 1. The van der Waals surface area contributed by atoms with Crippen LogP contribution in [0, 0.1) is 24.0 Å². The Morgan fingerprint density at radius 1 is 1.06 bits per heavy atom. The maximum Gasteiger partial charge on any atom is 0.220 e. The van der Waals surface area contributed by atoms with E-state index in [1.54, 1.807) is 18.2 Å². The molecule has 0 bridgehead atoms. The molecule has 0 saturated carbocycles. The number of nitrogens with zero attached hydrogens (tertiary/aromatic N) is 4. The zero-order chi connectivity index (χ0) is 25.8. The number of halogens is 3. The third kappa shape index (κ3) is 6.39. The van der Waals surface area contributed by atoms with E-state index < -0.39 is 5.25 Å². The van der Waals surface area contributed by atoms with Crippen LogP contribution in [-0.4, -0.2) is 26.2 Å². The molecule has 0 aliphatic heterocycles. The summed E-state index contributed by atoms with van der Waals surface area (Å²) >= 11 is 16.9. The van der Waals surface area contributed by atoms with Gasteiger partial charge in [-0.15, -0.1) is 10.2 Å².